The molecule has 0 atom stereocenters. The molecule has 1 N–H and O–H groups in total. The minimum atomic E-state index is 0.106. The SMILES string of the molecule is OCc1c2ccccc2cc2sccc12. The molecule has 2 aromatic carbocycles. The molecule has 0 spiro atoms. The van der Waals surface area contributed by atoms with Gasteiger partial charge >= 0.3 is 0 Å². The smallest absolute Gasteiger partial charge is 0.0694 e. The Labute approximate surface area is 91.6 Å². The summed E-state index contributed by atoms with van der Waals surface area (Å²) in [6.07, 6.45) is 0. The Morgan fingerprint density at radius 2 is 1.93 bits per heavy atom. The fraction of sp³-hybridized carbons (Fsp3) is 0.0769. The summed E-state index contributed by atoms with van der Waals surface area (Å²) >= 11 is 1.72. The third-order valence-corrected chi connectivity index (χ3v) is 3.61. The molecular formula is C13H10OS. The van der Waals surface area contributed by atoms with Crippen molar-refractivity contribution < 1.29 is 5.11 Å². The lowest BCUT2D eigenvalue weighted by Gasteiger charge is -2.05. The van der Waals surface area contributed by atoms with Crippen LogP contribution in [0.4, 0.5) is 0 Å². The zero-order valence-corrected chi connectivity index (χ0v) is 8.92. The number of fused-ring (bicyclic) bond motifs is 2. The maximum Gasteiger partial charge on any atom is 0.0694 e. The highest BCUT2D eigenvalue weighted by atomic mass is 32.1. The van der Waals surface area contributed by atoms with Crippen molar-refractivity contribution in [1.82, 2.24) is 0 Å². The monoisotopic (exact) mass is 214 g/mol. The van der Waals surface area contributed by atoms with Crippen LogP contribution in [0.5, 0.6) is 0 Å². The summed E-state index contributed by atoms with van der Waals surface area (Å²) in [6.45, 7) is 0.106. The molecule has 15 heavy (non-hydrogen) atoms. The first-order valence-corrected chi connectivity index (χ1v) is 5.77. The van der Waals surface area contributed by atoms with E-state index < -0.39 is 0 Å². The first kappa shape index (κ1) is 8.89. The van der Waals surface area contributed by atoms with Gasteiger partial charge in [-0.3, -0.25) is 0 Å². The fourth-order valence-electron chi connectivity index (χ4n) is 2.04. The lowest BCUT2D eigenvalue weighted by molar-refractivity contribution is 0.285. The van der Waals surface area contributed by atoms with E-state index in [0.717, 1.165) is 10.9 Å². The normalized spacial score (nSPS) is 11.3. The molecule has 74 valence electrons. The summed E-state index contributed by atoms with van der Waals surface area (Å²) in [6, 6.07) is 12.5. The number of hydrogen-bond acceptors (Lipinski definition) is 2. The van der Waals surface area contributed by atoms with Crippen molar-refractivity contribution in [3.05, 3.63) is 47.3 Å². The second-order valence-electron chi connectivity index (χ2n) is 3.57. The number of thiophene rings is 1. The first-order valence-electron chi connectivity index (χ1n) is 4.89. The highest BCUT2D eigenvalue weighted by Crippen LogP contribution is 2.31. The van der Waals surface area contributed by atoms with E-state index in [1.54, 1.807) is 11.3 Å². The molecule has 0 unspecified atom stereocenters. The number of aliphatic hydroxyl groups is 1. The molecule has 1 aromatic heterocycles. The van der Waals surface area contributed by atoms with Gasteiger partial charge < -0.3 is 5.11 Å². The molecule has 0 aliphatic heterocycles. The van der Waals surface area contributed by atoms with Gasteiger partial charge in [-0.1, -0.05) is 24.3 Å². The van der Waals surface area contributed by atoms with E-state index in [9.17, 15) is 5.11 Å². The van der Waals surface area contributed by atoms with Gasteiger partial charge in [0.2, 0.25) is 0 Å². The number of benzene rings is 2. The fourth-order valence-corrected chi connectivity index (χ4v) is 2.90. The van der Waals surface area contributed by atoms with E-state index in [2.05, 4.69) is 29.6 Å². The Morgan fingerprint density at radius 1 is 1.07 bits per heavy atom. The van der Waals surface area contributed by atoms with Crippen LogP contribution in [-0.2, 0) is 6.61 Å². The van der Waals surface area contributed by atoms with Gasteiger partial charge in [-0.25, -0.2) is 0 Å². The lowest BCUT2D eigenvalue weighted by atomic mass is 10.0. The van der Waals surface area contributed by atoms with Crippen molar-refractivity contribution in [3.63, 3.8) is 0 Å². The molecular weight excluding hydrogens is 204 g/mol. The predicted octanol–water partition coefficient (Wildman–Crippen LogP) is 3.55. The van der Waals surface area contributed by atoms with Crippen LogP contribution in [-0.4, -0.2) is 5.11 Å². The summed E-state index contributed by atoms with van der Waals surface area (Å²) in [5.74, 6) is 0. The minimum Gasteiger partial charge on any atom is -0.392 e. The van der Waals surface area contributed by atoms with Crippen LogP contribution >= 0.6 is 11.3 Å². The summed E-state index contributed by atoms with van der Waals surface area (Å²) in [5.41, 5.74) is 1.05. The van der Waals surface area contributed by atoms with Crippen LogP contribution < -0.4 is 0 Å². The van der Waals surface area contributed by atoms with E-state index in [1.165, 1.54) is 15.5 Å². The Kier molecular flexibility index (Phi) is 1.97. The molecule has 0 bridgehead atoms. The van der Waals surface area contributed by atoms with E-state index in [-0.39, 0.29) is 6.61 Å². The van der Waals surface area contributed by atoms with Crippen molar-refractivity contribution >= 4 is 32.2 Å². The van der Waals surface area contributed by atoms with E-state index in [1.807, 2.05) is 12.1 Å². The van der Waals surface area contributed by atoms with Gasteiger partial charge in [0.15, 0.2) is 0 Å². The second-order valence-corrected chi connectivity index (χ2v) is 4.51. The van der Waals surface area contributed by atoms with Gasteiger partial charge in [0.25, 0.3) is 0 Å². The molecule has 0 saturated heterocycles. The van der Waals surface area contributed by atoms with Crippen LogP contribution in [0.25, 0.3) is 20.9 Å². The van der Waals surface area contributed by atoms with Crippen LogP contribution in [0, 0.1) is 0 Å². The average Bonchev–Trinajstić information content (AvgIpc) is 2.73. The Hall–Kier alpha value is -1.38. The summed E-state index contributed by atoms with van der Waals surface area (Å²) < 4.78 is 1.25. The van der Waals surface area contributed by atoms with E-state index >= 15 is 0 Å². The van der Waals surface area contributed by atoms with E-state index in [0.29, 0.717) is 0 Å². The third kappa shape index (κ3) is 1.26. The highest BCUT2D eigenvalue weighted by molar-refractivity contribution is 7.17. The molecule has 2 heteroatoms. The van der Waals surface area contributed by atoms with Crippen LogP contribution in [0.3, 0.4) is 0 Å². The van der Waals surface area contributed by atoms with Gasteiger partial charge in [0.05, 0.1) is 6.61 Å². The number of rotatable bonds is 1. The molecule has 3 aromatic rings. The molecule has 3 rings (SSSR count). The predicted molar refractivity (Wildman–Crippen MR) is 65.3 cm³/mol. The molecule has 0 amide bonds. The number of hydrogen-bond donors (Lipinski definition) is 1. The molecule has 0 aliphatic carbocycles. The minimum absolute atomic E-state index is 0.106. The molecule has 1 heterocycles. The quantitative estimate of drug-likeness (QED) is 0.656. The third-order valence-electron chi connectivity index (χ3n) is 2.75. The van der Waals surface area contributed by atoms with Crippen LogP contribution in [0.15, 0.2) is 41.8 Å². The van der Waals surface area contributed by atoms with Gasteiger partial charge in [-0.15, -0.1) is 11.3 Å². The number of aliphatic hydroxyl groups excluding tert-OH is 1. The standard InChI is InChI=1S/C13H10OS/c14-8-12-10-4-2-1-3-9(10)7-13-11(12)5-6-15-13/h1-7,14H,8H2. The maximum absolute atomic E-state index is 9.46. The summed E-state index contributed by atoms with van der Waals surface area (Å²) in [7, 11) is 0. The van der Waals surface area contributed by atoms with Crippen molar-refractivity contribution in [2.24, 2.45) is 0 Å². The topological polar surface area (TPSA) is 20.2 Å². The maximum atomic E-state index is 9.46. The highest BCUT2D eigenvalue weighted by Gasteiger charge is 2.06. The molecule has 0 radical (unpaired) electrons. The van der Waals surface area contributed by atoms with E-state index in [4.69, 9.17) is 0 Å². The van der Waals surface area contributed by atoms with Gasteiger partial charge in [0, 0.05) is 4.70 Å². The Balaban J connectivity index is 2.57. The van der Waals surface area contributed by atoms with Gasteiger partial charge in [0.1, 0.15) is 0 Å². The van der Waals surface area contributed by atoms with Crippen molar-refractivity contribution in [3.8, 4) is 0 Å². The first-order chi connectivity index (χ1) is 7.40. The van der Waals surface area contributed by atoms with Gasteiger partial charge in [-0.2, -0.15) is 0 Å². The van der Waals surface area contributed by atoms with Crippen molar-refractivity contribution in [2.75, 3.05) is 0 Å². The summed E-state index contributed by atoms with van der Waals surface area (Å²) in [4.78, 5) is 0. The Bertz CT molecular complexity index is 625. The zero-order chi connectivity index (χ0) is 10.3. The second kappa shape index (κ2) is 3.33. The van der Waals surface area contributed by atoms with Crippen LogP contribution in [0.2, 0.25) is 0 Å². The largest absolute Gasteiger partial charge is 0.392 e. The molecule has 1 nitrogen and oxygen atoms in total. The van der Waals surface area contributed by atoms with Gasteiger partial charge in [-0.05, 0) is 39.2 Å². The van der Waals surface area contributed by atoms with Crippen molar-refractivity contribution in [1.29, 1.82) is 0 Å². The average molecular weight is 214 g/mol. The molecule has 0 saturated carbocycles. The zero-order valence-electron chi connectivity index (χ0n) is 8.10. The van der Waals surface area contributed by atoms with Crippen molar-refractivity contribution in [2.45, 2.75) is 6.61 Å². The summed E-state index contributed by atoms with van der Waals surface area (Å²) in [5, 5.41) is 15.1. The molecule has 0 aliphatic rings. The Morgan fingerprint density at radius 3 is 2.80 bits per heavy atom. The van der Waals surface area contributed by atoms with Crippen LogP contribution in [0.1, 0.15) is 5.56 Å². The lowest BCUT2D eigenvalue weighted by Crippen LogP contribution is -1.86. The molecule has 0 fully saturated rings.